The van der Waals surface area contributed by atoms with Gasteiger partial charge in [0.1, 0.15) is 0 Å². The second-order valence-electron chi connectivity index (χ2n) is 8.18. The van der Waals surface area contributed by atoms with Crippen LogP contribution < -0.4 is 0 Å². The zero-order chi connectivity index (χ0) is 20.1. The van der Waals surface area contributed by atoms with E-state index in [0.29, 0.717) is 17.9 Å². The molecule has 2 fully saturated rings. The average molecular weight is 401 g/mol. The van der Waals surface area contributed by atoms with Crippen molar-refractivity contribution in [2.45, 2.75) is 37.8 Å². The third-order valence-corrected chi connectivity index (χ3v) is 6.43. The lowest BCUT2D eigenvalue weighted by molar-refractivity contribution is -0.141. The smallest absolute Gasteiger partial charge is 0.276 e. The molecule has 2 saturated heterocycles. The van der Waals surface area contributed by atoms with Crippen LogP contribution in [0, 0.1) is 5.41 Å². The molecule has 6 nitrogen and oxygen atoms in total. The van der Waals surface area contributed by atoms with Crippen LogP contribution in [0.3, 0.4) is 0 Å². The summed E-state index contributed by atoms with van der Waals surface area (Å²) in [5, 5.41) is 4.61. The molecule has 0 radical (unpaired) electrons. The minimum Gasteiger partial charge on any atom is -0.348 e. The van der Waals surface area contributed by atoms with Gasteiger partial charge < -0.3 is 9.80 Å². The van der Waals surface area contributed by atoms with Gasteiger partial charge in [0.05, 0.1) is 10.4 Å². The lowest BCUT2D eigenvalue weighted by Crippen LogP contribution is -2.50. The predicted octanol–water partition coefficient (Wildman–Crippen LogP) is 2.77. The summed E-state index contributed by atoms with van der Waals surface area (Å²) in [6.45, 7) is 0. The highest BCUT2D eigenvalue weighted by Crippen LogP contribution is 2.53. The molecule has 2 aliphatic rings. The first-order valence-electron chi connectivity index (χ1n) is 9.61. The monoisotopic (exact) mass is 400 g/mol. The van der Waals surface area contributed by atoms with Crippen LogP contribution in [-0.2, 0) is 18.3 Å². The number of fused-ring (bicyclic) bond motifs is 2. The summed E-state index contributed by atoms with van der Waals surface area (Å²) in [6.07, 6.45) is 4.69. The van der Waals surface area contributed by atoms with Gasteiger partial charge >= 0.3 is 0 Å². The van der Waals surface area contributed by atoms with E-state index in [1.807, 2.05) is 23.1 Å². The first kappa shape index (κ1) is 19.0. The van der Waals surface area contributed by atoms with E-state index >= 15 is 0 Å². The Morgan fingerprint density at radius 3 is 2.57 bits per heavy atom. The van der Waals surface area contributed by atoms with Gasteiger partial charge in [-0.1, -0.05) is 41.9 Å². The van der Waals surface area contributed by atoms with E-state index in [-0.39, 0.29) is 29.6 Å². The number of halogens is 1. The number of aromatic nitrogens is 2. The molecule has 3 heterocycles. The van der Waals surface area contributed by atoms with Gasteiger partial charge in [0, 0.05) is 39.4 Å². The highest BCUT2D eigenvalue weighted by Gasteiger charge is 2.61. The normalized spacial score (nSPS) is 25.9. The number of benzene rings is 1. The molecule has 148 valence electrons. The second kappa shape index (κ2) is 6.92. The van der Waals surface area contributed by atoms with Crippen molar-refractivity contribution in [3.8, 4) is 0 Å². The standard InChI is InChI=1S/C21H25ClN4O2/c1-24(2)20(28)21(11-14-7-5-4-6-8-14)12-15-9-10-17(21)26(15)19(27)18-16(22)13-25(3)23-18/h4-8,13,15,17H,9-12H2,1-3H3/t15-,17+,21+/m1/s1. The minimum atomic E-state index is -0.606. The number of hydrogen-bond acceptors (Lipinski definition) is 3. The van der Waals surface area contributed by atoms with Crippen molar-refractivity contribution < 1.29 is 9.59 Å². The van der Waals surface area contributed by atoms with Crippen molar-refractivity contribution in [3.05, 3.63) is 52.8 Å². The molecule has 3 atom stereocenters. The molecule has 0 saturated carbocycles. The van der Waals surface area contributed by atoms with E-state index in [4.69, 9.17) is 11.6 Å². The summed E-state index contributed by atoms with van der Waals surface area (Å²) in [4.78, 5) is 30.2. The molecule has 1 aromatic heterocycles. The number of aryl methyl sites for hydroxylation is 1. The van der Waals surface area contributed by atoms with Crippen molar-refractivity contribution in [1.82, 2.24) is 19.6 Å². The zero-order valence-electron chi connectivity index (χ0n) is 16.4. The second-order valence-corrected chi connectivity index (χ2v) is 8.59. The maximum absolute atomic E-state index is 13.4. The van der Waals surface area contributed by atoms with E-state index in [0.717, 1.165) is 18.4 Å². The van der Waals surface area contributed by atoms with E-state index in [2.05, 4.69) is 17.2 Å². The Hall–Kier alpha value is -2.34. The largest absolute Gasteiger partial charge is 0.348 e. The predicted molar refractivity (Wildman–Crippen MR) is 107 cm³/mol. The number of hydrogen-bond donors (Lipinski definition) is 0. The number of nitrogens with zero attached hydrogens (tertiary/aromatic N) is 4. The van der Waals surface area contributed by atoms with Gasteiger partial charge in [0.15, 0.2) is 5.69 Å². The molecule has 0 N–H and O–H groups in total. The quantitative estimate of drug-likeness (QED) is 0.792. The Kier molecular flexibility index (Phi) is 4.70. The summed E-state index contributed by atoms with van der Waals surface area (Å²) in [7, 11) is 5.34. The maximum atomic E-state index is 13.4. The third kappa shape index (κ3) is 2.91. The molecule has 0 aliphatic carbocycles. The Labute approximate surface area is 170 Å². The van der Waals surface area contributed by atoms with E-state index in [1.165, 1.54) is 0 Å². The number of carbonyl (C=O) groups excluding carboxylic acids is 2. The van der Waals surface area contributed by atoms with Gasteiger partial charge in [-0.3, -0.25) is 14.3 Å². The Bertz CT molecular complexity index is 910. The molecule has 4 rings (SSSR count). The van der Waals surface area contributed by atoms with Crippen LogP contribution in [0.5, 0.6) is 0 Å². The lowest BCUT2D eigenvalue weighted by atomic mass is 9.69. The topological polar surface area (TPSA) is 58.4 Å². The van der Waals surface area contributed by atoms with E-state index in [1.54, 1.807) is 36.9 Å². The van der Waals surface area contributed by atoms with Gasteiger partial charge in [-0.15, -0.1) is 0 Å². The molecule has 0 spiro atoms. The van der Waals surface area contributed by atoms with Crippen molar-refractivity contribution in [3.63, 3.8) is 0 Å². The van der Waals surface area contributed by atoms with Crippen molar-refractivity contribution in [2.75, 3.05) is 14.1 Å². The lowest BCUT2D eigenvalue weighted by Gasteiger charge is -2.38. The molecule has 0 unspecified atom stereocenters. The summed E-state index contributed by atoms with van der Waals surface area (Å²) in [5.74, 6) is -0.0759. The van der Waals surface area contributed by atoms with Gasteiger partial charge in [0.25, 0.3) is 5.91 Å². The van der Waals surface area contributed by atoms with Crippen molar-refractivity contribution >= 4 is 23.4 Å². The van der Waals surface area contributed by atoms with Crippen LogP contribution in [0.1, 0.15) is 35.3 Å². The van der Waals surface area contributed by atoms with Crippen molar-refractivity contribution in [2.24, 2.45) is 12.5 Å². The molecule has 2 bridgehead atoms. The van der Waals surface area contributed by atoms with Crippen LogP contribution in [0.25, 0.3) is 0 Å². The fourth-order valence-electron chi connectivity index (χ4n) is 5.12. The summed E-state index contributed by atoms with van der Waals surface area (Å²) in [5.41, 5.74) is 0.785. The summed E-state index contributed by atoms with van der Waals surface area (Å²) in [6, 6.07) is 9.97. The Morgan fingerprint density at radius 1 is 1.25 bits per heavy atom. The molecule has 2 aromatic rings. The van der Waals surface area contributed by atoms with Crippen molar-refractivity contribution in [1.29, 1.82) is 0 Å². The van der Waals surface area contributed by atoms with Gasteiger partial charge in [0.2, 0.25) is 5.91 Å². The molecular formula is C21H25ClN4O2. The first-order valence-corrected chi connectivity index (χ1v) is 9.99. The van der Waals surface area contributed by atoms with Crippen LogP contribution in [0.2, 0.25) is 5.02 Å². The molecule has 7 heteroatoms. The number of amides is 2. The van der Waals surface area contributed by atoms with Crippen LogP contribution in [0.15, 0.2) is 36.5 Å². The van der Waals surface area contributed by atoms with Gasteiger partial charge in [-0.25, -0.2) is 0 Å². The third-order valence-electron chi connectivity index (χ3n) is 6.16. The first-order chi connectivity index (χ1) is 13.3. The van der Waals surface area contributed by atoms with Gasteiger partial charge in [-0.2, -0.15) is 5.10 Å². The van der Waals surface area contributed by atoms with Gasteiger partial charge in [-0.05, 0) is 31.2 Å². The Balaban J connectivity index is 1.72. The molecular weight excluding hydrogens is 376 g/mol. The molecule has 1 aromatic carbocycles. The summed E-state index contributed by atoms with van der Waals surface area (Å²) < 4.78 is 1.55. The fourth-order valence-corrected chi connectivity index (χ4v) is 5.38. The Morgan fingerprint density at radius 2 is 1.96 bits per heavy atom. The van der Waals surface area contributed by atoms with Crippen LogP contribution in [0.4, 0.5) is 0 Å². The SMILES string of the molecule is CN(C)C(=O)[C@@]1(Cc2ccccc2)C[C@H]2CC[C@@H]1N2C(=O)c1nn(C)cc1Cl. The molecule has 2 aliphatic heterocycles. The highest BCUT2D eigenvalue weighted by molar-refractivity contribution is 6.33. The van der Waals surface area contributed by atoms with E-state index in [9.17, 15) is 9.59 Å². The van der Waals surface area contributed by atoms with E-state index < -0.39 is 5.41 Å². The summed E-state index contributed by atoms with van der Waals surface area (Å²) >= 11 is 6.24. The van der Waals surface area contributed by atoms with Crippen LogP contribution >= 0.6 is 11.6 Å². The fraction of sp³-hybridized carbons (Fsp3) is 0.476. The minimum absolute atomic E-state index is 0.0446. The molecule has 28 heavy (non-hydrogen) atoms. The maximum Gasteiger partial charge on any atom is 0.276 e. The number of carbonyl (C=O) groups is 2. The number of rotatable bonds is 4. The molecule has 2 amide bonds. The average Bonchev–Trinajstić information content (AvgIpc) is 3.32. The van der Waals surface area contributed by atoms with Crippen LogP contribution in [-0.4, -0.2) is 57.6 Å². The highest BCUT2D eigenvalue weighted by atomic mass is 35.5. The zero-order valence-corrected chi connectivity index (χ0v) is 17.2.